The molecule has 0 spiro atoms. The lowest BCUT2D eigenvalue weighted by atomic mass is 10.1. The Morgan fingerprint density at radius 3 is 2.58 bits per heavy atom. The molecule has 0 radical (unpaired) electrons. The maximum absolute atomic E-state index is 10.8. The average Bonchev–Trinajstić information content (AvgIpc) is 2.30. The normalized spacial score (nSPS) is 25.0. The van der Waals surface area contributed by atoms with Crippen LogP contribution < -0.4 is 10.6 Å². The average molecular weight is 174 g/mol. The third-order valence-electron chi connectivity index (χ3n) is 1.58. The van der Waals surface area contributed by atoms with Crippen LogP contribution in [0.25, 0.3) is 0 Å². The van der Waals surface area contributed by atoms with E-state index in [0.29, 0.717) is 0 Å². The van der Waals surface area contributed by atoms with Gasteiger partial charge in [-0.2, -0.15) is 0 Å². The van der Waals surface area contributed by atoms with Gasteiger partial charge < -0.3 is 15.5 Å². The number of aliphatic hydroxyl groups is 2. The molecule has 4 N–H and O–H groups in total. The van der Waals surface area contributed by atoms with Crippen LogP contribution in [-0.4, -0.2) is 40.9 Å². The molecule has 12 heavy (non-hydrogen) atoms. The maximum Gasteiger partial charge on any atom is 0.322 e. The summed E-state index contributed by atoms with van der Waals surface area (Å²) in [5.74, 6) is -0.465. The topological polar surface area (TPSA) is 98.7 Å². The van der Waals surface area contributed by atoms with Crippen molar-refractivity contribution in [3.05, 3.63) is 0 Å². The van der Waals surface area contributed by atoms with Crippen LogP contribution in [0.5, 0.6) is 0 Å². The fourth-order valence-electron chi connectivity index (χ4n) is 0.971. The van der Waals surface area contributed by atoms with Crippen molar-refractivity contribution in [3.63, 3.8) is 0 Å². The van der Waals surface area contributed by atoms with Gasteiger partial charge in [0.05, 0.1) is 12.7 Å². The smallest absolute Gasteiger partial charge is 0.322 e. The molecule has 1 saturated heterocycles. The second-order valence-corrected chi connectivity index (χ2v) is 2.59. The second-order valence-electron chi connectivity index (χ2n) is 2.59. The highest BCUT2D eigenvalue weighted by Gasteiger charge is 2.30. The number of hydrogen-bond donors (Lipinski definition) is 4. The summed E-state index contributed by atoms with van der Waals surface area (Å²) >= 11 is 0. The predicted molar refractivity (Wildman–Crippen MR) is 38.2 cm³/mol. The molecule has 0 aliphatic carbocycles. The van der Waals surface area contributed by atoms with Gasteiger partial charge in [0.1, 0.15) is 6.04 Å². The van der Waals surface area contributed by atoms with Crippen molar-refractivity contribution in [1.29, 1.82) is 0 Å². The summed E-state index contributed by atoms with van der Waals surface area (Å²) in [5, 5.41) is 21.7. The predicted octanol–water partition coefficient (Wildman–Crippen LogP) is -2.06. The molecule has 6 nitrogen and oxygen atoms in total. The fraction of sp³-hybridized carbons (Fsp3) is 0.667. The Kier molecular flexibility index (Phi) is 2.61. The van der Waals surface area contributed by atoms with Crippen molar-refractivity contribution in [2.24, 2.45) is 0 Å². The minimum atomic E-state index is -0.973. The first-order chi connectivity index (χ1) is 5.63. The van der Waals surface area contributed by atoms with Crippen LogP contribution in [0.4, 0.5) is 4.79 Å². The number of urea groups is 1. The van der Waals surface area contributed by atoms with Crippen molar-refractivity contribution < 1.29 is 19.8 Å². The number of nitrogens with one attached hydrogen (secondary N) is 2. The van der Waals surface area contributed by atoms with E-state index in [1.165, 1.54) is 0 Å². The molecule has 2 atom stereocenters. The van der Waals surface area contributed by atoms with E-state index in [9.17, 15) is 9.59 Å². The first-order valence-corrected chi connectivity index (χ1v) is 3.53. The van der Waals surface area contributed by atoms with Gasteiger partial charge in [0.2, 0.25) is 0 Å². The van der Waals surface area contributed by atoms with Gasteiger partial charge in [0, 0.05) is 6.42 Å². The van der Waals surface area contributed by atoms with Gasteiger partial charge in [-0.15, -0.1) is 0 Å². The Morgan fingerprint density at radius 1 is 1.50 bits per heavy atom. The minimum absolute atomic E-state index is 0.0358. The molecule has 0 saturated carbocycles. The highest BCUT2D eigenvalue weighted by Crippen LogP contribution is 2.02. The number of carbonyl (C=O) groups excluding carboxylic acids is 2. The Hall–Kier alpha value is -1.14. The third-order valence-corrected chi connectivity index (χ3v) is 1.58. The molecule has 3 amide bonds. The zero-order chi connectivity index (χ0) is 9.14. The highest BCUT2D eigenvalue weighted by molar-refractivity contribution is 6.04. The first-order valence-electron chi connectivity index (χ1n) is 3.53. The van der Waals surface area contributed by atoms with Gasteiger partial charge in [-0.25, -0.2) is 4.79 Å². The molecule has 1 heterocycles. The van der Waals surface area contributed by atoms with E-state index in [0.717, 1.165) is 0 Å². The zero-order valence-electron chi connectivity index (χ0n) is 6.28. The Labute approximate surface area is 68.6 Å². The number of hydrogen-bond acceptors (Lipinski definition) is 4. The number of carbonyl (C=O) groups is 2. The van der Waals surface area contributed by atoms with Crippen LogP contribution in [-0.2, 0) is 4.79 Å². The van der Waals surface area contributed by atoms with Crippen molar-refractivity contribution in [2.45, 2.75) is 18.6 Å². The number of amides is 3. The molecule has 1 rings (SSSR count). The van der Waals surface area contributed by atoms with E-state index >= 15 is 0 Å². The summed E-state index contributed by atoms with van der Waals surface area (Å²) in [6, 6.07) is -1.28. The maximum atomic E-state index is 10.8. The van der Waals surface area contributed by atoms with E-state index in [-0.39, 0.29) is 6.42 Å². The van der Waals surface area contributed by atoms with Crippen LogP contribution in [0.3, 0.4) is 0 Å². The van der Waals surface area contributed by atoms with Gasteiger partial charge in [-0.3, -0.25) is 10.1 Å². The first kappa shape index (κ1) is 8.95. The van der Waals surface area contributed by atoms with Crippen molar-refractivity contribution in [3.8, 4) is 0 Å². The van der Waals surface area contributed by atoms with Crippen LogP contribution in [0.1, 0.15) is 6.42 Å². The summed E-state index contributed by atoms with van der Waals surface area (Å²) in [6.45, 7) is -0.417. The monoisotopic (exact) mass is 174 g/mol. The third kappa shape index (κ3) is 1.93. The summed E-state index contributed by atoms with van der Waals surface area (Å²) in [5.41, 5.74) is 0. The molecule has 0 unspecified atom stereocenters. The molecule has 0 aromatic carbocycles. The van der Waals surface area contributed by atoms with E-state index in [2.05, 4.69) is 5.32 Å². The summed E-state index contributed by atoms with van der Waals surface area (Å²) in [7, 11) is 0. The van der Waals surface area contributed by atoms with Gasteiger partial charge >= 0.3 is 6.03 Å². The van der Waals surface area contributed by atoms with Crippen molar-refractivity contribution in [1.82, 2.24) is 10.6 Å². The van der Waals surface area contributed by atoms with E-state index in [1.54, 1.807) is 0 Å². The molecule has 0 aromatic heterocycles. The lowest BCUT2D eigenvalue weighted by Gasteiger charge is -2.10. The molecular formula is C6H10N2O4. The Bertz CT molecular complexity index is 206. The fourth-order valence-corrected chi connectivity index (χ4v) is 0.971. The molecule has 0 aromatic rings. The molecule has 0 bridgehead atoms. The quantitative estimate of drug-likeness (QED) is 0.370. The number of rotatable bonds is 3. The summed E-state index contributed by atoms with van der Waals surface area (Å²) in [4.78, 5) is 21.4. The van der Waals surface area contributed by atoms with E-state index in [4.69, 9.17) is 10.2 Å². The van der Waals surface area contributed by atoms with E-state index < -0.39 is 30.7 Å². The number of aliphatic hydroxyl groups excluding tert-OH is 2. The van der Waals surface area contributed by atoms with Gasteiger partial charge in [0.25, 0.3) is 5.91 Å². The Morgan fingerprint density at radius 2 is 2.17 bits per heavy atom. The minimum Gasteiger partial charge on any atom is -0.394 e. The summed E-state index contributed by atoms with van der Waals surface area (Å²) < 4.78 is 0. The summed E-state index contributed by atoms with van der Waals surface area (Å²) in [6.07, 6.45) is -0.937. The highest BCUT2D eigenvalue weighted by atomic mass is 16.3. The molecule has 68 valence electrons. The lowest BCUT2D eigenvalue weighted by Crippen LogP contribution is -2.34. The van der Waals surface area contributed by atoms with Crippen molar-refractivity contribution >= 4 is 11.9 Å². The lowest BCUT2D eigenvalue weighted by molar-refractivity contribution is -0.120. The van der Waals surface area contributed by atoms with Crippen LogP contribution in [0.15, 0.2) is 0 Å². The van der Waals surface area contributed by atoms with Crippen LogP contribution in [0, 0.1) is 0 Å². The van der Waals surface area contributed by atoms with E-state index in [1.807, 2.05) is 5.32 Å². The second kappa shape index (κ2) is 3.51. The SMILES string of the molecule is O=C1NC(=O)[C@@H](C[C@H](O)CO)N1. The number of imide groups is 1. The molecule has 1 fully saturated rings. The Balaban J connectivity index is 2.43. The van der Waals surface area contributed by atoms with Gasteiger partial charge in [-0.05, 0) is 0 Å². The molecule has 6 heteroatoms. The molecule has 1 aliphatic heterocycles. The van der Waals surface area contributed by atoms with Gasteiger partial charge in [0.15, 0.2) is 0 Å². The van der Waals surface area contributed by atoms with Crippen molar-refractivity contribution in [2.75, 3.05) is 6.61 Å². The van der Waals surface area contributed by atoms with Crippen LogP contribution in [0.2, 0.25) is 0 Å². The van der Waals surface area contributed by atoms with Crippen LogP contribution >= 0.6 is 0 Å². The zero-order valence-corrected chi connectivity index (χ0v) is 6.28. The van der Waals surface area contributed by atoms with Gasteiger partial charge in [-0.1, -0.05) is 0 Å². The largest absolute Gasteiger partial charge is 0.394 e. The molecule has 1 aliphatic rings. The molecular weight excluding hydrogens is 164 g/mol. The standard InChI is InChI=1S/C6H10N2O4/c9-2-3(10)1-4-5(11)8-6(12)7-4/h3-4,9-10H,1-2H2,(H2,7,8,11,12)/t3-,4+/m0/s1.